The minimum atomic E-state index is -1.45. The van der Waals surface area contributed by atoms with E-state index < -0.39 is 8.07 Å². The van der Waals surface area contributed by atoms with Crippen molar-refractivity contribution >= 4 is 13.9 Å². The fourth-order valence-corrected chi connectivity index (χ4v) is 4.61. The van der Waals surface area contributed by atoms with Gasteiger partial charge in [0.1, 0.15) is 0 Å². The average Bonchev–Trinajstić information content (AvgIpc) is 2.59. The Hall–Kier alpha value is -0.633. The third-order valence-corrected chi connectivity index (χ3v) is 5.36. The average molecular weight is 250 g/mol. The van der Waals surface area contributed by atoms with E-state index in [1.165, 1.54) is 30.0 Å². The minimum Gasteiger partial charge on any atom is -0.295 e. The van der Waals surface area contributed by atoms with Crippen molar-refractivity contribution in [2.24, 2.45) is 0 Å². The number of hydrogen-bond donors (Lipinski definition) is 0. The molecule has 0 aromatic rings. The van der Waals surface area contributed by atoms with Crippen molar-refractivity contribution in [3.8, 4) is 0 Å². The van der Waals surface area contributed by atoms with Crippen LogP contribution in [0.1, 0.15) is 45.4 Å². The molecule has 0 atom stereocenters. The first-order valence-electron chi connectivity index (χ1n) is 6.90. The largest absolute Gasteiger partial charge is 0.295 e. The summed E-state index contributed by atoms with van der Waals surface area (Å²) < 4.78 is 0. The Bertz CT molecular complexity index is 331. The summed E-state index contributed by atoms with van der Waals surface area (Å²) in [7, 11) is -1.45. The molecule has 1 nitrogen and oxygen atoms in total. The Morgan fingerprint density at radius 2 is 1.88 bits per heavy atom. The van der Waals surface area contributed by atoms with Crippen LogP contribution in [0, 0.1) is 0 Å². The van der Waals surface area contributed by atoms with Crippen LogP contribution in [0.15, 0.2) is 22.9 Å². The van der Waals surface area contributed by atoms with E-state index in [1.54, 1.807) is 0 Å². The van der Waals surface area contributed by atoms with Crippen LogP contribution in [-0.2, 0) is 4.79 Å². The van der Waals surface area contributed by atoms with Crippen LogP contribution in [0.4, 0.5) is 0 Å². The first kappa shape index (κ1) is 14.4. The highest BCUT2D eigenvalue weighted by molar-refractivity contribution is 6.87. The zero-order chi connectivity index (χ0) is 12.9. The summed E-state index contributed by atoms with van der Waals surface area (Å²) in [5, 5.41) is 1.20. The molecule has 1 aliphatic rings. The van der Waals surface area contributed by atoms with Gasteiger partial charge in [-0.1, -0.05) is 51.6 Å². The highest BCUT2D eigenvalue weighted by Crippen LogP contribution is 2.31. The van der Waals surface area contributed by atoms with Crippen LogP contribution in [0.25, 0.3) is 0 Å². The Balaban J connectivity index is 2.67. The molecule has 0 aliphatic heterocycles. The van der Waals surface area contributed by atoms with E-state index >= 15 is 0 Å². The van der Waals surface area contributed by atoms with Crippen molar-refractivity contribution in [2.75, 3.05) is 0 Å². The van der Waals surface area contributed by atoms with Gasteiger partial charge in [-0.3, -0.25) is 4.79 Å². The molecule has 17 heavy (non-hydrogen) atoms. The number of allylic oxidation sites excluding steroid dienone is 4. The summed E-state index contributed by atoms with van der Waals surface area (Å²) in [4.78, 5) is 11.9. The molecule has 96 valence electrons. The predicted octanol–water partition coefficient (Wildman–Crippen LogP) is 4.66. The van der Waals surface area contributed by atoms with Crippen LogP contribution in [0.5, 0.6) is 0 Å². The predicted molar refractivity (Wildman–Crippen MR) is 77.9 cm³/mol. The van der Waals surface area contributed by atoms with E-state index in [2.05, 4.69) is 38.7 Å². The zero-order valence-electron chi connectivity index (χ0n) is 11.8. The van der Waals surface area contributed by atoms with Crippen LogP contribution >= 0.6 is 0 Å². The van der Waals surface area contributed by atoms with E-state index in [0.29, 0.717) is 5.78 Å². The van der Waals surface area contributed by atoms with E-state index in [-0.39, 0.29) is 0 Å². The maximum absolute atomic E-state index is 11.9. The van der Waals surface area contributed by atoms with Gasteiger partial charge >= 0.3 is 0 Å². The lowest BCUT2D eigenvalue weighted by molar-refractivity contribution is -0.114. The topological polar surface area (TPSA) is 17.1 Å². The van der Waals surface area contributed by atoms with E-state index in [1.807, 2.05) is 0 Å². The fraction of sp³-hybridized carbons (Fsp3) is 0.667. The second kappa shape index (κ2) is 6.34. The monoisotopic (exact) mass is 250 g/mol. The number of unbranched alkanes of at least 4 members (excludes halogenated alkanes) is 3. The number of rotatable bonds is 6. The van der Waals surface area contributed by atoms with Crippen LogP contribution in [0.3, 0.4) is 0 Å². The molecule has 0 N–H and O–H groups in total. The molecule has 1 rings (SSSR count). The highest BCUT2D eigenvalue weighted by Gasteiger charge is 2.31. The number of carbonyl (C=O) groups excluding carboxylic acids is 1. The van der Waals surface area contributed by atoms with Gasteiger partial charge in [-0.2, -0.15) is 0 Å². The van der Waals surface area contributed by atoms with Gasteiger partial charge in [-0.15, -0.1) is 0 Å². The highest BCUT2D eigenvalue weighted by atomic mass is 28.3. The summed E-state index contributed by atoms with van der Waals surface area (Å²) in [6, 6.07) is 0. The van der Waals surface area contributed by atoms with Gasteiger partial charge in [0.05, 0.1) is 8.07 Å². The van der Waals surface area contributed by atoms with E-state index in [4.69, 9.17) is 0 Å². The summed E-state index contributed by atoms with van der Waals surface area (Å²) >= 11 is 0. The molecule has 0 radical (unpaired) electrons. The van der Waals surface area contributed by atoms with Crippen molar-refractivity contribution in [3.63, 3.8) is 0 Å². The molecule has 0 unspecified atom stereocenters. The van der Waals surface area contributed by atoms with Gasteiger partial charge in [0, 0.05) is 6.42 Å². The lowest BCUT2D eigenvalue weighted by atomic mass is 10.1. The smallest absolute Gasteiger partial charge is 0.155 e. The molecule has 0 aromatic carbocycles. The Kier molecular flexibility index (Phi) is 5.38. The molecular weight excluding hydrogens is 224 g/mol. The lowest BCUT2D eigenvalue weighted by Gasteiger charge is -2.18. The SMILES string of the molecule is CCCCC/C=C/C1=C([Si](C)(C)C)C(=O)CC1. The third-order valence-electron chi connectivity index (χ3n) is 3.26. The third kappa shape index (κ3) is 4.27. The van der Waals surface area contributed by atoms with Crippen molar-refractivity contribution in [2.45, 2.75) is 65.1 Å². The number of ketones is 1. The first-order chi connectivity index (χ1) is 7.96. The van der Waals surface area contributed by atoms with Crippen molar-refractivity contribution in [3.05, 3.63) is 22.9 Å². The Morgan fingerprint density at radius 3 is 2.47 bits per heavy atom. The van der Waals surface area contributed by atoms with Crippen LogP contribution in [0.2, 0.25) is 19.6 Å². The van der Waals surface area contributed by atoms with Gasteiger partial charge in [-0.05, 0) is 30.0 Å². The molecular formula is C15H26OSi. The minimum absolute atomic E-state index is 0.414. The van der Waals surface area contributed by atoms with E-state index in [0.717, 1.165) is 19.3 Å². The van der Waals surface area contributed by atoms with Gasteiger partial charge in [0.25, 0.3) is 0 Å². The van der Waals surface area contributed by atoms with Gasteiger partial charge in [0.2, 0.25) is 0 Å². The lowest BCUT2D eigenvalue weighted by Crippen LogP contribution is -2.28. The van der Waals surface area contributed by atoms with Crippen LogP contribution < -0.4 is 0 Å². The van der Waals surface area contributed by atoms with Gasteiger partial charge < -0.3 is 0 Å². The normalized spacial score (nSPS) is 17.5. The Morgan fingerprint density at radius 1 is 1.18 bits per heavy atom. The molecule has 0 spiro atoms. The summed E-state index contributed by atoms with van der Waals surface area (Å²) in [6.07, 6.45) is 11.2. The fourth-order valence-electron chi connectivity index (χ4n) is 2.48. The Labute approximate surface area is 107 Å². The first-order valence-corrected chi connectivity index (χ1v) is 10.4. The molecule has 0 heterocycles. The second-order valence-electron chi connectivity index (χ2n) is 5.97. The molecule has 2 heteroatoms. The quantitative estimate of drug-likeness (QED) is 0.495. The van der Waals surface area contributed by atoms with Crippen LogP contribution in [-0.4, -0.2) is 13.9 Å². The number of Topliss-reactive ketones (excluding diaryl/α,β-unsaturated/α-hetero) is 1. The van der Waals surface area contributed by atoms with Crippen molar-refractivity contribution in [1.82, 2.24) is 0 Å². The molecule has 0 aromatic heterocycles. The number of hydrogen-bond acceptors (Lipinski definition) is 1. The van der Waals surface area contributed by atoms with E-state index in [9.17, 15) is 4.79 Å². The van der Waals surface area contributed by atoms with Crippen molar-refractivity contribution in [1.29, 1.82) is 0 Å². The molecule has 0 fully saturated rings. The molecule has 0 saturated carbocycles. The standard InChI is InChI=1S/C15H26OSi/c1-5-6-7-8-9-10-13-11-12-14(16)15(13)17(2,3)4/h9-10H,5-8,11-12H2,1-4H3/b10-9+. The second-order valence-corrected chi connectivity index (χ2v) is 11.0. The summed E-state index contributed by atoms with van der Waals surface area (Å²) in [5.74, 6) is 0.414. The maximum Gasteiger partial charge on any atom is 0.155 e. The molecule has 1 aliphatic carbocycles. The van der Waals surface area contributed by atoms with Gasteiger partial charge in [-0.25, -0.2) is 0 Å². The van der Waals surface area contributed by atoms with Crippen molar-refractivity contribution < 1.29 is 4.79 Å². The molecule has 0 amide bonds. The number of carbonyl (C=O) groups is 1. The summed E-state index contributed by atoms with van der Waals surface area (Å²) in [5.41, 5.74) is 1.34. The maximum atomic E-state index is 11.9. The van der Waals surface area contributed by atoms with Gasteiger partial charge in [0.15, 0.2) is 5.78 Å². The molecule has 0 saturated heterocycles. The zero-order valence-corrected chi connectivity index (χ0v) is 12.8. The summed E-state index contributed by atoms with van der Waals surface area (Å²) in [6.45, 7) is 9.05. The molecule has 0 bridgehead atoms.